The Kier molecular flexibility index (Phi) is 5.38. The normalized spacial score (nSPS) is 18.2. The van der Waals surface area contributed by atoms with Crippen LogP contribution in [0.5, 0.6) is 0 Å². The Hall–Kier alpha value is -2.71. The van der Waals surface area contributed by atoms with Gasteiger partial charge in [0.15, 0.2) is 9.84 Å². The highest BCUT2D eigenvalue weighted by molar-refractivity contribution is 7.91. The van der Waals surface area contributed by atoms with E-state index in [1.54, 1.807) is 30.5 Å². The van der Waals surface area contributed by atoms with Gasteiger partial charge in [0.25, 0.3) is 5.91 Å². The van der Waals surface area contributed by atoms with Crippen LogP contribution in [0.2, 0.25) is 0 Å². The summed E-state index contributed by atoms with van der Waals surface area (Å²) in [5.74, 6) is -0.0333. The van der Waals surface area contributed by atoms with E-state index in [-0.39, 0.29) is 23.5 Å². The van der Waals surface area contributed by atoms with Gasteiger partial charge >= 0.3 is 0 Å². The number of para-hydroxylation sites is 2. The van der Waals surface area contributed by atoms with Gasteiger partial charge in [0.05, 0.1) is 29.1 Å². The molecule has 1 atom stereocenters. The first kappa shape index (κ1) is 19.6. The molecule has 3 aromatic rings. The second-order valence-corrected chi connectivity index (χ2v) is 9.43. The standard InChI is InChI=1S/C21H23N3O4S/c1-28-12-11-23(18-10-13-29(26,27)14-18)21(25)16-6-8-17(9-7-16)24-15-22-19-4-2-3-5-20(19)24/h2-9,15,18H,10-14H2,1H3. The van der Waals surface area contributed by atoms with Crippen LogP contribution in [0, 0.1) is 0 Å². The van der Waals surface area contributed by atoms with Gasteiger partial charge in [0.2, 0.25) is 0 Å². The second-order valence-electron chi connectivity index (χ2n) is 7.20. The summed E-state index contributed by atoms with van der Waals surface area (Å²) in [7, 11) is -1.52. The summed E-state index contributed by atoms with van der Waals surface area (Å²) in [6.07, 6.45) is 2.23. The molecule has 4 rings (SSSR count). The molecule has 8 heteroatoms. The third-order valence-corrected chi connectivity index (χ3v) is 7.04. The Bertz CT molecular complexity index is 1120. The van der Waals surface area contributed by atoms with E-state index in [2.05, 4.69) is 4.98 Å². The number of imidazole rings is 1. The first-order valence-corrected chi connectivity index (χ1v) is 11.3. The van der Waals surface area contributed by atoms with Gasteiger partial charge in [-0.25, -0.2) is 13.4 Å². The van der Waals surface area contributed by atoms with Gasteiger partial charge in [0.1, 0.15) is 6.33 Å². The van der Waals surface area contributed by atoms with Crippen molar-refractivity contribution < 1.29 is 17.9 Å². The van der Waals surface area contributed by atoms with Gasteiger partial charge in [-0.2, -0.15) is 0 Å². The SMILES string of the molecule is COCCN(C(=O)c1ccc(-n2cnc3ccccc32)cc1)C1CCS(=O)(=O)C1. The predicted octanol–water partition coefficient (Wildman–Crippen LogP) is 2.30. The molecule has 7 nitrogen and oxygen atoms in total. The molecule has 1 amide bonds. The molecule has 0 saturated carbocycles. The molecule has 1 aromatic heterocycles. The maximum Gasteiger partial charge on any atom is 0.254 e. The molecule has 0 N–H and O–H groups in total. The summed E-state index contributed by atoms with van der Waals surface area (Å²) in [5, 5.41) is 0. The molecule has 0 radical (unpaired) electrons. The van der Waals surface area contributed by atoms with Crippen LogP contribution in [0.1, 0.15) is 16.8 Å². The number of sulfone groups is 1. The quantitative estimate of drug-likeness (QED) is 0.619. The number of methoxy groups -OCH3 is 1. The molecule has 2 aromatic carbocycles. The number of carbonyl (C=O) groups excluding carboxylic acids is 1. The molecule has 29 heavy (non-hydrogen) atoms. The fraction of sp³-hybridized carbons (Fsp3) is 0.333. The monoisotopic (exact) mass is 413 g/mol. The first-order valence-electron chi connectivity index (χ1n) is 9.51. The van der Waals surface area contributed by atoms with Crippen LogP contribution in [0.3, 0.4) is 0 Å². The van der Waals surface area contributed by atoms with Crippen LogP contribution in [-0.4, -0.2) is 66.6 Å². The smallest absolute Gasteiger partial charge is 0.254 e. The van der Waals surface area contributed by atoms with Crippen molar-refractivity contribution in [2.45, 2.75) is 12.5 Å². The van der Waals surface area contributed by atoms with E-state index in [9.17, 15) is 13.2 Å². The Morgan fingerprint density at radius 1 is 1.21 bits per heavy atom. The predicted molar refractivity (Wildman–Crippen MR) is 111 cm³/mol. The minimum atomic E-state index is -3.08. The van der Waals surface area contributed by atoms with E-state index < -0.39 is 9.84 Å². The molecule has 1 aliphatic heterocycles. The highest BCUT2D eigenvalue weighted by Gasteiger charge is 2.34. The van der Waals surface area contributed by atoms with Crippen molar-refractivity contribution in [2.75, 3.05) is 31.8 Å². The summed E-state index contributed by atoms with van der Waals surface area (Å²) in [6, 6.07) is 14.8. The first-order chi connectivity index (χ1) is 14.0. The number of benzene rings is 2. The summed E-state index contributed by atoms with van der Waals surface area (Å²) in [6.45, 7) is 0.727. The van der Waals surface area contributed by atoms with Crippen LogP contribution in [0.15, 0.2) is 54.9 Å². The van der Waals surface area contributed by atoms with Gasteiger partial charge in [-0.1, -0.05) is 12.1 Å². The van der Waals surface area contributed by atoms with Gasteiger partial charge in [0, 0.05) is 30.9 Å². The average molecular weight is 413 g/mol. The van der Waals surface area contributed by atoms with Gasteiger partial charge in [-0.15, -0.1) is 0 Å². The molecular weight excluding hydrogens is 390 g/mol. The molecule has 1 fully saturated rings. The fourth-order valence-electron chi connectivity index (χ4n) is 3.76. The number of hydrogen-bond acceptors (Lipinski definition) is 5. The minimum Gasteiger partial charge on any atom is -0.383 e. The van der Waals surface area contributed by atoms with E-state index >= 15 is 0 Å². The maximum atomic E-state index is 13.1. The fourth-order valence-corrected chi connectivity index (χ4v) is 5.49. The number of rotatable bonds is 6. The molecule has 0 spiro atoms. The number of nitrogens with zero attached hydrogens (tertiary/aromatic N) is 3. The number of hydrogen-bond donors (Lipinski definition) is 0. The van der Waals surface area contributed by atoms with Gasteiger partial charge < -0.3 is 9.64 Å². The largest absolute Gasteiger partial charge is 0.383 e. The van der Waals surface area contributed by atoms with Gasteiger partial charge in [-0.05, 0) is 42.8 Å². The van der Waals surface area contributed by atoms with E-state index in [1.165, 1.54) is 0 Å². The summed E-state index contributed by atoms with van der Waals surface area (Å²) in [4.78, 5) is 19.1. The van der Waals surface area contributed by atoms with E-state index in [4.69, 9.17) is 4.74 Å². The van der Waals surface area contributed by atoms with Crippen molar-refractivity contribution in [3.63, 3.8) is 0 Å². The van der Waals surface area contributed by atoms with Crippen molar-refractivity contribution >= 4 is 26.8 Å². The van der Waals surface area contributed by atoms with Crippen molar-refractivity contribution in [3.05, 3.63) is 60.4 Å². The lowest BCUT2D eigenvalue weighted by Crippen LogP contribution is -2.43. The Morgan fingerprint density at radius 2 is 1.97 bits per heavy atom. The number of carbonyl (C=O) groups is 1. The number of fused-ring (bicyclic) bond motifs is 1. The number of amides is 1. The second kappa shape index (κ2) is 7.96. The van der Waals surface area contributed by atoms with Crippen LogP contribution in [0.4, 0.5) is 0 Å². The molecule has 1 unspecified atom stereocenters. The molecule has 152 valence electrons. The van der Waals surface area contributed by atoms with Gasteiger partial charge in [-0.3, -0.25) is 9.36 Å². The Morgan fingerprint density at radius 3 is 2.66 bits per heavy atom. The van der Waals surface area contributed by atoms with E-state index in [0.717, 1.165) is 16.7 Å². The Balaban J connectivity index is 1.58. The highest BCUT2D eigenvalue weighted by atomic mass is 32.2. The highest BCUT2D eigenvalue weighted by Crippen LogP contribution is 2.22. The summed E-state index contributed by atoms with van der Waals surface area (Å²) < 4.78 is 30.9. The zero-order valence-corrected chi connectivity index (χ0v) is 17.0. The summed E-state index contributed by atoms with van der Waals surface area (Å²) in [5.41, 5.74) is 3.33. The zero-order chi connectivity index (χ0) is 20.4. The molecule has 1 saturated heterocycles. The van der Waals surface area contributed by atoms with Crippen molar-refractivity contribution in [1.29, 1.82) is 0 Å². The molecule has 0 bridgehead atoms. The third kappa shape index (κ3) is 4.04. The number of ether oxygens (including phenoxy) is 1. The maximum absolute atomic E-state index is 13.1. The minimum absolute atomic E-state index is 0.0154. The van der Waals surface area contributed by atoms with Crippen LogP contribution < -0.4 is 0 Å². The zero-order valence-electron chi connectivity index (χ0n) is 16.2. The van der Waals surface area contributed by atoms with Crippen LogP contribution in [-0.2, 0) is 14.6 Å². The third-order valence-electron chi connectivity index (χ3n) is 5.29. The number of aromatic nitrogens is 2. The molecule has 2 heterocycles. The summed E-state index contributed by atoms with van der Waals surface area (Å²) >= 11 is 0. The van der Waals surface area contributed by atoms with Crippen LogP contribution >= 0.6 is 0 Å². The van der Waals surface area contributed by atoms with Crippen molar-refractivity contribution in [2.24, 2.45) is 0 Å². The van der Waals surface area contributed by atoms with Crippen molar-refractivity contribution in [1.82, 2.24) is 14.5 Å². The lowest BCUT2D eigenvalue weighted by molar-refractivity contribution is 0.0624. The van der Waals surface area contributed by atoms with E-state index in [1.807, 2.05) is 41.0 Å². The average Bonchev–Trinajstić information content (AvgIpc) is 3.31. The lowest BCUT2D eigenvalue weighted by Gasteiger charge is -2.28. The van der Waals surface area contributed by atoms with E-state index in [0.29, 0.717) is 25.1 Å². The van der Waals surface area contributed by atoms with Crippen molar-refractivity contribution in [3.8, 4) is 5.69 Å². The van der Waals surface area contributed by atoms with Crippen LogP contribution in [0.25, 0.3) is 16.7 Å². The molecular formula is C21H23N3O4S. The lowest BCUT2D eigenvalue weighted by atomic mass is 10.1. The molecule has 1 aliphatic rings. The Labute approximate surface area is 169 Å². The topological polar surface area (TPSA) is 81.5 Å². The molecule has 0 aliphatic carbocycles.